The standard InChI is InChI=1S/C10H8BrClF2O3/c1-16-9(15)6-2-5(4-12)7(11)3-8(6)17-10(13)14/h2-3,10H,4H2,1H3. The van der Waals surface area contributed by atoms with Crippen LogP contribution < -0.4 is 4.74 Å². The van der Waals surface area contributed by atoms with Gasteiger partial charge in [-0.15, -0.1) is 11.6 Å². The highest BCUT2D eigenvalue weighted by molar-refractivity contribution is 9.10. The first-order chi connectivity index (χ1) is 7.99. The highest BCUT2D eigenvalue weighted by Crippen LogP contribution is 2.30. The van der Waals surface area contributed by atoms with Gasteiger partial charge in [0.1, 0.15) is 11.3 Å². The maximum absolute atomic E-state index is 12.2. The van der Waals surface area contributed by atoms with Crippen LogP contribution >= 0.6 is 27.5 Å². The summed E-state index contributed by atoms with van der Waals surface area (Å²) in [4.78, 5) is 11.4. The fourth-order valence-corrected chi connectivity index (χ4v) is 2.01. The Kier molecular flexibility index (Phi) is 5.14. The molecule has 0 aliphatic carbocycles. The van der Waals surface area contributed by atoms with Crippen molar-refractivity contribution in [3.63, 3.8) is 0 Å². The Labute approximate surface area is 110 Å². The van der Waals surface area contributed by atoms with Crippen molar-refractivity contribution >= 4 is 33.5 Å². The van der Waals surface area contributed by atoms with Gasteiger partial charge in [0.25, 0.3) is 0 Å². The molecule has 0 unspecified atom stereocenters. The Morgan fingerprint density at radius 2 is 2.18 bits per heavy atom. The van der Waals surface area contributed by atoms with Crippen LogP contribution in [0.4, 0.5) is 8.78 Å². The molecule has 0 N–H and O–H groups in total. The smallest absolute Gasteiger partial charge is 0.387 e. The SMILES string of the molecule is COC(=O)c1cc(CCl)c(Br)cc1OC(F)F. The molecule has 0 aromatic heterocycles. The zero-order valence-corrected chi connectivity index (χ0v) is 11.0. The Bertz CT molecular complexity index is 426. The maximum atomic E-state index is 12.2. The minimum Gasteiger partial charge on any atom is -0.465 e. The lowest BCUT2D eigenvalue weighted by Crippen LogP contribution is -2.10. The fraction of sp³-hybridized carbons (Fsp3) is 0.300. The molecule has 0 saturated carbocycles. The van der Waals surface area contributed by atoms with Crippen LogP contribution in [0.15, 0.2) is 16.6 Å². The first-order valence-electron chi connectivity index (χ1n) is 4.41. The first-order valence-corrected chi connectivity index (χ1v) is 5.73. The van der Waals surface area contributed by atoms with E-state index >= 15 is 0 Å². The monoisotopic (exact) mass is 328 g/mol. The largest absolute Gasteiger partial charge is 0.465 e. The van der Waals surface area contributed by atoms with E-state index < -0.39 is 12.6 Å². The topological polar surface area (TPSA) is 35.5 Å². The number of halogens is 4. The zero-order valence-electron chi connectivity index (χ0n) is 8.68. The summed E-state index contributed by atoms with van der Waals surface area (Å²) in [5.41, 5.74) is 0.486. The van der Waals surface area contributed by atoms with Gasteiger partial charge >= 0.3 is 12.6 Å². The molecule has 1 aromatic rings. The second kappa shape index (κ2) is 6.16. The molecule has 0 amide bonds. The molecular formula is C10H8BrClF2O3. The number of benzene rings is 1. The number of hydrogen-bond acceptors (Lipinski definition) is 3. The van der Waals surface area contributed by atoms with Crippen LogP contribution in [0.3, 0.4) is 0 Å². The molecule has 0 bridgehead atoms. The van der Waals surface area contributed by atoms with Gasteiger partial charge in [0.2, 0.25) is 0 Å². The van der Waals surface area contributed by atoms with Crippen LogP contribution in [0.2, 0.25) is 0 Å². The third-order valence-corrected chi connectivity index (χ3v) is 2.94. The van der Waals surface area contributed by atoms with Crippen LogP contribution in [0.5, 0.6) is 5.75 Å². The summed E-state index contributed by atoms with van der Waals surface area (Å²) >= 11 is 8.78. The van der Waals surface area contributed by atoms with Crippen molar-refractivity contribution in [3.8, 4) is 5.75 Å². The minimum atomic E-state index is -3.02. The highest BCUT2D eigenvalue weighted by Gasteiger charge is 2.18. The molecule has 0 heterocycles. The van der Waals surface area contributed by atoms with E-state index in [-0.39, 0.29) is 17.2 Å². The molecule has 94 valence electrons. The van der Waals surface area contributed by atoms with Gasteiger partial charge in [-0.05, 0) is 17.7 Å². The number of hydrogen-bond donors (Lipinski definition) is 0. The zero-order chi connectivity index (χ0) is 13.0. The number of methoxy groups -OCH3 is 1. The summed E-state index contributed by atoms with van der Waals surface area (Å²) in [6.07, 6.45) is 0. The van der Waals surface area contributed by atoms with E-state index in [4.69, 9.17) is 11.6 Å². The van der Waals surface area contributed by atoms with E-state index in [1.54, 1.807) is 0 Å². The molecule has 0 radical (unpaired) electrons. The Balaban J connectivity index is 3.25. The summed E-state index contributed by atoms with van der Waals surface area (Å²) in [6.45, 7) is -3.02. The lowest BCUT2D eigenvalue weighted by molar-refractivity contribution is -0.0504. The van der Waals surface area contributed by atoms with E-state index in [1.165, 1.54) is 12.1 Å². The Hall–Kier alpha value is -0.880. The predicted octanol–water partition coefficient (Wildman–Crippen LogP) is 3.58. The third-order valence-electron chi connectivity index (χ3n) is 1.91. The van der Waals surface area contributed by atoms with E-state index in [2.05, 4.69) is 25.4 Å². The predicted molar refractivity (Wildman–Crippen MR) is 61.7 cm³/mol. The van der Waals surface area contributed by atoms with Crippen LogP contribution in [0.1, 0.15) is 15.9 Å². The third kappa shape index (κ3) is 3.54. The number of carbonyl (C=O) groups excluding carboxylic acids is 1. The molecule has 0 aliphatic heterocycles. The van der Waals surface area contributed by atoms with Crippen LogP contribution in [-0.4, -0.2) is 19.7 Å². The van der Waals surface area contributed by atoms with E-state index in [0.717, 1.165) is 7.11 Å². The van der Waals surface area contributed by atoms with E-state index in [1.807, 2.05) is 0 Å². The molecule has 0 atom stereocenters. The second-order valence-corrected chi connectivity index (χ2v) is 4.07. The van der Waals surface area contributed by atoms with Crippen LogP contribution in [-0.2, 0) is 10.6 Å². The number of carbonyl (C=O) groups is 1. The van der Waals surface area contributed by atoms with Crippen molar-refractivity contribution in [2.45, 2.75) is 12.5 Å². The lowest BCUT2D eigenvalue weighted by Gasteiger charge is -2.11. The number of ether oxygens (including phenoxy) is 2. The van der Waals surface area contributed by atoms with Crippen molar-refractivity contribution in [2.24, 2.45) is 0 Å². The molecule has 3 nitrogen and oxygen atoms in total. The van der Waals surface area contributed by atoms with Crippen molar-refractivity contribution in [3.05, 3.63) is 27.7 Å². The Morgan fingerprint density at radius 1 is 1.53 bits per heavy atom. The molecule has 0 saturated heterocycles. The number of rotatable bonds is 4. The molecule has 1 rings (SSSR count). The molecule has 17 heavy (non-hydrogen) atoms. The van der Waals surface area contributed by atoms with Crippen molar-refractivity contribution < 1.29 is 23.0 Å². The summed E-state index contributed by atoms with van der Waals surface area (Å²) in [5.74, 6) is -0.897. The summed E-state index contributed by atoms with van der Waals surface area (Å²) in [6, 6.07) is 2.61. The van der Waals surface area contributed by atoms with Gasteiger partial charge in [-0.2, -0.15) is 8.78 Å². The van der Waals surface area contributed by atoms with Gasteiger partial charge in [-0.1, -0.05) is 15.9 Å². The molecular weight excluding hydrogens is 321 g/mol. The van der Waals surface area contributed by atoms with Crippen molar-refractivity contribution in [1.29, 1.82) is 0 Å². The fourth-order valence-electron chi connectivity index (χ4n) is 1.17. The van der Waals surface area contributed by atoms with Gasteiger partial charge in [0.15, 0.2) is 0 Å². The van der Waals surface area contributed by atoms with Gasteiger partial charge in [0.05, 0.1) is 7.11 Å². The summed E-state index contributed by atoms with van der Waals surface area (Å²) in [5, 5.41) is 0. The lowest BCUT2D eigenvalue weighted by atomic mass is 10.1. The molecule has 0 fully saturated rings. The first kappa shape index (κ1) is 14.2. The summed E-state index contributed by atoms with van der Waals surface area (Å²) in [7, 11) is 1.15. The number of esters is 1. The molecule has 0 aliphatic rings. The maximum Gasteiger partial charge on any atom is 0.387 e. The quantitative estimate of drug-likeness (QED) is 0.626. The minimum absolute atomic E-state index is 0.0911. The van der Waals surface area contributed by atoms with Crippen LogP contribution in [0, 0.1) is 0 Å². The van der Waals surface area contributed by atoms with Crippen molar-refractivity contribution in [1.82, 2.24) is 0 Å². The van der Waals surface area contributed by atoms with E-state index in [0.29, 0.717) is 10.0 Å². The second-order valence-electron chi connectivity index (χ2n) is 2.94. The van der Waals surface area contributed by atoms with Crippen molar-refractivity contribution in [2.75, 3.05) is 7.11 Å². The Morgan fingerprint density at radius 3 is 2.65 bits per heavy atom. The van der Waals surface area contributed by atoms with E-state index in [9.17, 15) is 13.6 Å². The number of alkyl halides is 3. The van der Waals surface area contributed by atoms with Gasteiger partial charge < -0.3 is 9.47 Å². The average Bonchev–Trinajstić information content (AvgIpc) is 2.27. The summed E-state index contributed by atoms with van der Waals surface area (Å²) < 4.78 is 33.5. The molecule has 0 spiro atoms. The van der Waals surface area contributed by atoms with Gasteiger partial charge in [-0.3, -0.25) is 0 Å². The molecule has 1 aromatic carbocycles. The highest BCUT2D eigenvalue weighted by atomic mass is 79.9. The average molecular weight is 330 g/mol. The normalized spacial score (nSPS) is 10.5. The van der Waals surface area contributed by atoms with Gasteiger partial charge in [0, 0.05) is 10.4 Å². The molecule has 7 heteroatoms. The van der Waals surface area contributed by atoms with Crippen LogP contribution in [0.25, 0.3) is 0 Å². The van der Waals surface area contributed by atoms with Gasteiger partial charge in [-0.25, -0.2) is 4.79 Å².